The van der Waals surface area contributed by atoms with Crippen LogP contribution in [0, 0.1) is 5.92 Å². The van der Waals surface area contributed by atoms with Crippen LogP contribution in [-0.4, -0.2) is 31.5 Å². The van der Waals surface area contributed by atoms with Crippen LogP contribution in [0.2, 0.25) is 0 Å². The van der Waals surface area contributed by atoms with Crippen molar-refractivity contribution in [1.29, 1.82) is 0 Å². The summed E-state index contributed by atoms with van der Waals surface area (Å²) in [4.78, 5) is 14.9. The van der Waals surface area contributed by atoms with E-state index in [-0.39, 0.29) is 18.6 Å². The molecular formula is C8H14N2O2. The van der Waals surface area contributed by atoms with E-state index in [1.54, 1.807) is 7.11 Å². The molecule has 68 valence electrons. The van der Waals surface area contributed by atoms with Crippen molar-refractivity contribution in [2.75, 3.05) is 13.7 Å². The highest BCUT2D eigenvalue weighted by Crippen LogP contribution is 2.08. The van der Waals surface area contributed by atoms with Gasteiger partial charge in [-0.3, -0.25) is 9.79 Å². The number of rotatable bonds is 3. The number of aliphatic imine (C=N–C) groups is 1. The van der Waals surface area contributed by atoms with Gasteiger partial charge in [0.2, 0.25) is 5.91 Å². The highest BCUT2D eigenvalue weighted by atomic mass is 16.5. The Morgan fingerprint density at radius 2 is 2.25 bits per heavy atom. The van der Waals surface area contributed by atoms with Crippen LogP contribution in [-0.2, 0) is 9.53 Å². The fourth-order valence-electron chi connectivity index (χ4n) is 1.24. The van der Waals surface area contributed by atoms with Gasteiger partial charge in [-0.05, 0) is 5.92 Å². The molecule has 1 amide bonds. The van der Waals surface area contributed by atoms with Gasteiger partial charge in [-0.1, -0.05) is 13.8 Å². The quantitative estimate of drug-likeness (QED) is 0.657. The number of amides is 1. The Hall–Kier alpha value is -0.900. The summed E-state index contributed by atoms with van der Waals surface area (Å²) < 4.78 is 5.20. The molecule has 1 atom stereocenters. The molecule has 1 N–H and O–H groups in total. The van der Waals surface area contributed by atoms with Crippen LogP contribution in [0.4, 0.5) is 0 Å². The third kappa shape index (κ3) is 1.82. The van der Waals surface area contributed by atoms with Crippen molar-refractivity contribution in [2.45, 2.75) is 20.0 Å². The number of carbonyl (C=O) groups is 1. The van der Waals surface area contributed by atoms with E-state index in [9.17, 15) is 4.79 Å². The van der Waals surface area contributed by atoms with Crippen LogP contribution in [0.3, 0.4) is 0 Å². The number of carbonyl (C=O) groups excluding carboxylic acids is 1. The van der Waals surface area contributed by atoms with Gasteiger partial charge in [0.25, 0.3) is 0 Å². The maximum absolute atomic E-state index is 10.8. The summed E-state index contributed by atoms with van der Waals surface area (Å²) in [5.41, 5.74) is 0. The van der Waals surface area contributed by atoms with Gasteiger partial charge < -0.3 is 10.1 Å². The first-order valence-electron chi connectivity index (χ1n) is 4.02. The molecule has 0 aliphatic carbocycles. The van der Waals surface area contributed by atoms with E-state index in [0.29, 0.717) is 11.8 Å². The molecule has 1 aliphatic rings. The first-order valence-corrected chi connectivity index (χ1v) is 4.02. The highest BCUT2D eigenvalue weighted by molar-refractivity contribution is 6.06. The molecule has 0 aromatic heterocycles. The Kier molecular flexibility index (Phi) is 2.81. The molecule has 4 heteroatoms. The number of methoxy groups -OCH3 is 1. The van der Waals surface area contributed by atoms with Gasteiger partial charge in [-0.25, -0.2) is 0 Å². The van der Waals surface area contributed by atoms with E-state index in [0.717, 1.165) is 0 Å². The fraction of sp³-hybridized carbons (Fsp3) is 0.750. The second kappa shape index (κ2) is 3.67. The number of hydrogen-bond acceptors (Lipinski definition) is 3. The lowest BCUT2D eigenvalue weighted by molar-refractivity contribution is -0.117. The van der Waals surface area contributed by atoms with Crippen molar-refractivity contribution in [3.8, 4) is 0 Å². The lowest BCUT2D eigenvalue weighted by Crippen LogP contribution is -2.38. The largest absolute Gasteiger partial charge is 0.373 e. The zero-order chi connectivity index (χ0) is 9.14. The van der Waals surface area contributed by atoms with E-state index < -0.39 is 0 Å². The van der Waals surface area contributed by atoms with Crippen LogP contribution < -0.4 is 5.32 Å². The Balaban J connectivity index is 2.61. The third-order valence-electron chi connectivity index (χ3n) is 1.79. The van der Waals surface area contributed by atoms with E-state index in [1.165, 1.54) is 0 Å². The van der Waals surface area contributed by atoms with Crippen LogP contribution in [0.25, 0.3) is 0 Å². The fourth-order valence-corrected chi connectivity index (χ4v) is 1.24. The minimum atomic E-state index is -0.0866. The molecule has 0 radical (unpaired) electrons. The molecule has 0 saturated carbocycles. The first-order chi connectivity index (χ1) is 5.65. The van der Waals surface area contributed by atoms with E-state index in [4.69, 9.17) is 4.74 Å². The molecule has 0 fully saturated rings. The molecule has 1 heterocycles. The van der Waals surface area contributed by atoms with E-state index in [2.05, 4.69) is 10.3 Å². The van der Waals surface area contributed by atoms with Gasteiger partial charge in [-0.15, -0.1) is 0 Å². The Morgan fingerprint density at radius 3 is 2.58 bits per heavy atom. The Labute approximate surface area is 72.0 Å². The highest BCUT2D eigenvalue weighted by Gasteiger charge is 2.24. The standard InChI is InChI=1S/C8H14N2O2/c1-5(2)7(12-3)8-9-4-6(11)10-8/h5,7H,4H2,1-3H3,(H,9,10,11). The van der Waals surface area contributed by atoms with Crippen molar-refractivity contribution in [1.82, 2.24) is 5.32 Å². The summed E-state index contributed by atoms with van der Waals surface area (Å²) in [5.74, 6) is 0.942. The van der Waals surface area contributed by atoms with Crippen LogP contribution in [0.5, 0.6) is 0 Å². The number of hydrogen-bond donors (Lipinski definition) is 1. The average Bonchev–Trinajstić information content (AvgIpc) is 2.37. The minimum absolute atomic E-state index is 0.0484. The Bertz CT molecular complexity index is 211. The molecule has 0 bridgehead atoms. The molecule has 0 spiro atoms. The van der Waals surface area contributed by atoms with Gasteiger partial charge in [0.1, 0.15) is 18.5 Å². The van der Waals surface area contributed by atoms with Crippen molar-refractivity contribution < 1.29 is 9.53 Å². The summed E-state index contributed by atoms with van der Waals surface area (Å²) in [6.07, 6.45) is -0.0866. The van der Waals surface area contributed by atoms with Crippen molar-refractivity contribution in [3.63, 3.8) is 0 Å². The molecule has 0 saturated heterocycles. The molecule has 4 nitrogen and oxygen atoms in total. The molecule has 0 aromatic rings. The van der Waals surface area contributed by atoms with Crippen LogP contribution in [0.1, 0.15) is 13.8 Å². The Morgan fingerprint density at radius 1 is 1.58 bits per heavy atom. The lowest BCUT2D eigenvalue weighted by atomic mass is 10.1. The molecule has 12 heavy (non-hydrogen) atoms. The van der Waals surface area contributed by atoms with Crippen LogP contribution >= 0.6 is 0 Å². The topological polar surface area (TPSA) is 50.7 Å². The normalized spacial score (nSPS) is 19.3. The van der Waals surface area contributed by atoms with Gasteiger partial charge in [0, 0.05) is 7.11 Å². The number of nitrogens with zero attached hydrogens (tertiary/aromatic N) is 1. The SMILES string of the molecule is COC(C1=NCC(=O)N1)C(C)C. The predicted octanol–water partition coefficient (Wildman–Crippen LogP) is 0.186. The van der Waals surface area contributed by atoms with Gasteiger partial charge in [-0.2, -0.15) is 0 Å². The van der Waals surface area contributed by atoms with Crippen molar-refractivity contribution in [2.24, 2.45) is 10.9 Å². The maximum Gasteiger partial charge on any atom is 0.247 e. The summed E-state index contributed by atoms with van der Waals surface area (Å²) in [5, 5.41) is 2.67. The smallest absolute Gasteiger partial charge is 0.247 e. The van der Waals surface area contributed by atoms with Crippen LogP contribution in [0.15, 0.2) is 4.99 Å². The van der Waals surface area contributed by atoms with Gasteiger partial charge in [0.15, 0.2) is 0 Å². The van der Waals surface area contributed by atoms with E-state index >= 15 is 0 Å². The van der Waals surface area contributed by atoms with E-state index in [1.807, 2.05) is 13.8 Å². The number of amidine groups is 1. The first kappa shape index (κ1) is 9.19. The van der Waals surface area contributed by atoms with Gasteiger partial charge >= 0.3 is 0 Å². The third-order valence-corrected chi connectivity index (χ3v) is 1.79. The zero-order valence-corrected chi connectivity index (χ0v) is 7.63. The molecular weight excluding hydrogens is 156 g/mol. The molecule has 0 aromatic carbocycles. The summed E-state index contributed by atoms with van der Waals surface area (Å²) in [6, 6.07) is 0. The van der Waals surface area contributed by atoms with Gasteiger partial charge in [0.05, 0.1) is 0 Å². The average molecular weight is 170 g/mol. The summed E-state index contributed by atoms with van der Waals surface area (Å²) in [6.45, 7) is 4.30. The number of nitrogens with one attached hydrogen (secondary N) is 1. The molecule has 1 aliphatic heterocycles. The lowest BCUT2D eigenvalue weighted by Gasteiger charge is -2.18. The zero-order valence-electron chi connectivity index (χ0n) is 7.63. The monoisotopic (exact) mass is 170 g/mol. The molecule has 1 unspecified atom stereocenters. The summed E-state index contributed by atoms with van der Waals surface area (Å²) >= 11 is 0. The maximum atomic E-state index is 10.8. The number of ether oxygens (including phenoxy) is 1. The second-order valence-corrected chi connectivity index (χ2v) is 3.15. The van der Waals surface area contributed by atoms with Crippen molar-refractivity contribution >= 4 is 11.7 Å². The predicted molar refractivity (Wildman–Crippen MR) is 46.1 cm³/mol. The minimum Gasteiger partial charge on any atom is -0.373 e. The molecule has 1 rings (SSSR count). The summed E-state index contributed by atoms with van der Waals surface area (Å²) in [7, 11) is 1.62. The second-order valence-electron chi connectivity index (χ2n) is 3.15. The van der Waals surface area contributed by atoms with Crippen molar-refractivity contribution in [3.05, 3.63) is 0 Å².